The first-order chi connectivity index (χ1) is 14.4. The van der Waals surface area contributed by atoms with Crippen molar-refractivity contribution in [2.45, 2.75) is 130 Å². The third-order valence-electron chi connectivity index (χ3n) is 11.1. The summed E-state index contributed by atoms with van der Waals surface area (Å²) in [7, 11) is 0. The van der Waals surface area contributed by atoms with Crippen molar-refractivity contribution in [1.82, 2.24) is 0 Å². The van der Waals surface area contributed by atoms with Crippen molar-refractivity contribution >= 4 is 0 Å². The van der Waals surface area contributed by atoms with Crippen molar-refractivity contribution in [2.75, 3.05) is 0 Å². The molecule has 0 aromatic carbocycles. The van der Waals surface area contributed by atoms with Gasteiger partial charge in [0.15, 0.2) is 0 Å². The second-order valence-corrected chi connectivity index (χ2v) is 13.4. The van der Waals surface area contributed by atoms with Gasteiger partial charge in [-0.1, -0.05) is 45.8 Å². The van der Waals surface area contributed by atoms with Crippen molar-refractivity contribution in [1.29, 1.82) is 0 Å². The average molecular weight is 431 g/mol. The zero-order valence-corrected chi connectivity index (χ0v) is 21.3. The van der Waals surface area contributed by atoms with Crippen LogP contribution in [0.5, 0.6) is 0 Å². The first-order valence-electron chi connectivity index (χ1n) is 13.6. The number of hydrogen-bond acceptors (Lipinski definition) is 2. The molecule has 178 valence electrons. The van der Waals surface area contributed by atoms with Crippen molar-refractivity contribution in [3.8, 4) is 0 Å². The van der Waals surface area contributed by atoms with Crippen LogP contribution >= 0.6 is 0 Å². The summed E-state index contributed by atoms with van der Waals surface area (Å²) in [5.74, 6) is 4.06. The van der Waals surface area contributed by atoms with Gasteiger partial charge in [-0.15, -0.1) is 0 Å². The maximum atomic E-state index is 10.7. The van der Waals surface area contributed by atoms with Gasteiger partial charge < -0.3 is 10.2 Å². The fourth-order valence-electron chi connectivity index (χ4n) is 9.18. The highest BCUT2D eigenvalue weighted by Gasteiger charge is 2.59. The summed E-state index contributed by atoms with van der Waals surface area (Å²) in [6.45, 7) is 13.9. The minimum Gasteiger partial charge on any atom is -0.390 e. The first-order valence-corrected chi connectivity index (χ1v) is 13.6. The van der Waals surface area contributed by atoms with Crippen molar-refractivity contribution in [3.63, 3.8) is 0 Å². The second kappa shape index (κ2) is 8.15. The van der Waals surface area contributed by atoms with Crippen molar-refractivity contribution in [3.05, 3.63) is 11.6 Å². The van der Waals surface area contributed by atoms with E-state index >= 15 is 0 Å². The predicted octanol–water partition coefficient (Wildman–Crippen LogP) is 7.28. The maximum Gasteiger partial charge on any atom is 0.0657 e. The van der Waals surface area contributed by atoms with E-state index in [2.05, 4.69) is 33.8 Å². The summed E-state index contributed by atoms with van der Waals surface area (Å²) in [5, 5.41) is 21.4. The Kier molecular flexibility index (Phi) is 6.26. The summed E-state index contributed by atoms with van der Waals surface area (Å²) in [6, 6.07) is 0. The van der Waals surface area contributed by atoms with Gasteiger partial charge in [-0.3, -0.25) is 0 Å². The molecule has 0 saturated heterocycles. The fraction of sp³-hybridized carbons (Fsp3) is 0.931. The Morgan fingerprint density at radius 3 is 2.52 bits per heavy atom. The van der Waals surface area contributed by atoms with Crippen LogP contribution < -0.4 is 0 Å². The molecule has 31 heavy (non-hydrogen) atoms. The van der Waals surface area contributed by atoms with Crippen molar-refractivity contribution < 1.29 is 10.2 Å². The van der Waals surface area contributed by atoms with E-state index in [1.165, 1.54) is 44.9 Å². The molecule has 9 atom stereocenters. The van der Waals surface area contributed by atoms with Gasteiger partial charge in [-0.05, 0) is 125 Å². The molecule has 0 heterocycles. The maximum absolute atomic E-state index is 10.7. The fourth-order valence-corrected chi connectivity index (χ4v) is 9.18. The number of rotatable bonds is 6. The first kappa shape index (κ1) is 23.8. The van der Waals surface area contributed by atoms with Crippen LogP contribution in [0.4, 0.5) is 0 Å². The van der Waals surface area contributed by atoms with Gasteiger partial charge in [0, 0.05) is 0 Å². The summed E-state index contributed by atoms with van der Waals surface area (Å²) in [5.41, 5.74) is 1.41. The molecule has 0 radical (unpaired) electrons. The highest BCUT2D eigenvalue weighted by molar-refractivity contribution is 5.26. The van der Waals surface area contributed by atoms with Gasteiger partial charge in [-0.2, -0.15) is 0 Å². The third kappa shape index (κ3) is 4.18. The standard InChI is InChI=1S/C29H50O2/c1-7-14-26(3,30)15-12-20(2)23-10-11-24-22-9-8-21-19-27(4,31)17-18-28(21,5)25(22)13-16-29(23,24)6/h8,20,22-25,30-31H,7,9-19H2,1-6H3/t20-,22+,23?,24+,25+,26+,27+,28+,29-/m1/s1. The lowest BCUT2D eigenvalue weighted by Gasteiger charge is -2.59. The number of aliphatic hydroxyl groups is 2. The second-order valence-electron chi connectivity index (χ2n) is 13.4. The SMILES string of the molecule is CCC[C@](C)(O)CC[C@@H](C)C1CC[C@H]2[C@@H]3CC=C4C[C@@](C)(O)CC[C@]4(C)[C@H]3CC[C@]12C. The normalized spacial score (nSPS) is 47.5. The van der Waals surface area contributed by atoms with E-state index in [1.807, 2.05) is 13.8 Å². The molecular weight excluding hydrogens is 380 g/mol. The summed E-state index contributed by atoms with van der Waals surface area (Å²) >= 11 is 0. The quantitative estimate of drug-likeness (QED) is 0.434. The molecule has 1 unspecified atom stereocenters. The lowest BCUT2D eigenvalue weighted by atomic mass is 9.46. The average Bonchev–Trinajstić information content (AvgIpc) is 3.04. The summed E-state index contributed by atoms with van der Waals surface area (Å²) in [6.07, 6.45) is 16.5. The minimum atomic E-state index is -0.492. The Labute approximate surface area is 192 Å². The molecule has 2 nitrogen and oxygen atoms in total. The highest BCUT2D eigenvalue weighted by atomic mass is 16.3. The third-order valence-corrected chi connectivity index (χ3v) is 11.1. The predicted molar refractivity (Wildman–Crippen MR) is 130 cm³/mol. The van der Waals surface area contributed by atoms with E-state index in [4.69, 9.17) is 0 Å². The minimum absolute atomic E-state index is 0.328. The molecule has 2 heteroatoms. The number of allylic oxidation sites excluding steroid dienone is 1. The van der Waals surface area contributed by atoms with E-state index in [0.29, 0.717) is 16.7 Å². The van der Waals surface area contributed by atoms with Crippen LogP contribution in [0.3, 0.4) is 0 Å². The van der Waals surface area contributed by atoms with Crippen LogP contribution in [0.2, 0.25) is 0 Å². The molecule has 0 spiro atoms. The Hall–Kier alpha value is -0.340. The van der Waals surface area contributed by atoms with E-state index in [-0.39, 0.29) is 0 Å². The van der Waals surface area contributed by atoms with Crippen LogP contribution in [0.15, 0.2) is 11.6 Å². The molecule has 0 aromatic heterocycles. The molecule has 3 fully saturated rings. The molecular formula is C29H50O2. The zero-order valence-electron chi connectivity index (χ0n) is 21.3. The van der Waals surface area contributed by atoms with E-state index in [9.17, 15) is 10.2 Å². The Morgan fingerprint density at radius 1 is 1.06 bits per heavy atom. The Bertz CT molecular complexity index is 691. The van der Waals surface area contributed by atoms with E-state index in [1.54, 1.807) is 5.57 Å². The molecule has 2 N–H and O–H groups in total. The van der Waals surface area contributed by atoms with Gasteiger partial charge in [0.1, 0.15) is 0 Å². The van der Waals surface area contributed by atoms with Gasteiger partial charge in [0.05, 0.1) is 11.2 Å². The number of hydrogen-bond donors (Lipinski definition) is 2. The zero-order chi connectivity index (χ0) is 22.7. The topological polar surface area (TPSA) is 40.5 Å². The van der Waals surface area contributed by atoms with Gasteiger partial charge in [0.2, 0.25) is 0 Å². The monoisotopic (exact) mass is 430 g/mol. The van der Waals surface area contributed by atoms with Crippen LogP contribution in [0, 0.1) is 40.4 Å². The number of fused-ring (bicyclic) bond motifs is 5. The summed E-state index contributed by atoms with van der Waals surface area (Å²) < 4.78 is 0. The van der Waals surface area contributed by atoms with Crippen LogP contribution in [0.1, 0.15) is 119 Å². The van der Waals surface area contributed by atoms with E-state index in [0.717, 1.165) is 55.8 Å². The molecule has 0 aromatic rings. The van der Waals surface area contributed by atoms with E-state index < -0.39 is 11.2 Å². The molecule has 0 aliphatic heterocycles. The molecule has 0 bridgehead atoms. The highest BCUT2D eigenvalue weighted by Crippen LogP contribution is 2.67. The van der Waals surface area contributed by atoms with Gasteiger partial charge >= 0.3 is 0 Å². The van der Waals surface area contributed by atoms with Gasteiger partial charge in [0.25, 0.3) is 0 Å². The lowest BCUT2D eigenvalue weighted by Crippen LogP contribution is -2.52. The Morgan fingerprint density at radius 2 is 1.81 bits per heavy atom. The molecule has 3 saturated carbocycles. The molecule has 0 amide bonds. The van der Waals surface area contributed by atoms with Gasteiger partial charge in [-0.25, -0.2) is 0 Å². The smallest absolute Gasteiger partial charge is 0.0657 e. The van der Waals surface area contributed by atoms with Crippen LogP contribution in [-0.4, -0.2) is 21.4 Å². The molecule has 4 rings (SSSR count). The molecule has 4 aliphatic rings. The van der Waals surface area contributed by atoms with Crippen molar-refractivity contribution in [2.24, 2.45) is 40.4 Å². The largest absolute Gasteiger partial charge is 0.390 e. The van der Waals surface area contributed by atoms with Crippen LogP contribution in [0.25, 0.3) is 0 Å². The Balaban J connectivity index is 1.48. The lowest BCUT2D eigenvalue weighted by molar-refractivity contribution is -0.0715. The molecule has 4 aliphatic carbocycles. The van der Waals surface area contributed by atoms with Crippen LogP contribution in [-0.2, 0) is 0 Å². The summed E-state index contributed by atoms with van der Waals surface area (Å²) in [4.78, 5) is 0.